The standard InChI is InChI=1S/C11H7Br2IN2O2/c1-17-9-2-8(13)10(3-7(9)12)18-11-15-4-6(14)5-16-11/h2-5H,1H3. The lowest BCUT2D eigenvalue weighted by molar-refractivity contribution is 0.406. The van der Waals surface area contributed by atoms with Crippen LogP contribution in [-0.4, -0.2) is 17.1 Å². The summed E-state index contributed by atoms with van der Waals surface area (Å²) in [6, 6.07) is 3.91. The molecule has 0 radical (unpaired) electrons. The molecule has 2 aromatic rings. The number of aromatic nitrogens is 2. The van der Waals surface area contributed by atoms with Gasteiger partial charge < -0.3 is 9.47 Å². The second kappa shape index (κ2) is 6.16. The molecule has 0 saturated heterocycles. The number of benzene rings is 1. The Bertz CT molecular complexity index is 564. The Morgan fingerprint density at radius 2 is 1.61 bits per heavy atom. The van der Waals surface area contributed by atoms with Crippen molar-refractivity contribution in [1.29, 1.82) is 0 Å². The molecule has 1 aromatic heterocycles. The van der Waals surface area contributed by atoms with Gasteiger partial charge in [0.25, 0.3) is 0 Å². The van der Waals surface area contributed by atoms with E-state index in [1.54, 1.807) is 25.6 Å². The van der Waals surface area contributed by atoms with E-state index in [0.717, 1.165) is 18.3 Å². The van der Waals surface area contributed by atoms with Crippen molar-refractivity contribution in [2.24, 2.45) is 0 Å². The molecule has 7 heteroatoms. The molecule has 0 unspecified atom stereocenters. The third-order valence-electron chi connectivity index (χ3n) is 2.00. The summed E-state index contributed by atoms with van der Waals surface area (Å²) in [6.07, 6.45) is 3.38. The molecule has 2 rings (SSSR count). The highest BCUT2D eigenvalue weighted by atomic mass is 127. The van der Waals surface area contributed by atoms with Crippen LogP contribution in [0.15, 0.2) is 33.5 Å². The molecule has 0 bridgehead atoms. The Morgan fingerprint density at radius 1 is 1.06 bits per heavy atom. The first kappa shape index (κ1) is 14.0. The van der Waals surface area contributed by atoms with E-state index < -0.39 is 0 Å². The topological polar surface area (TPSA) is 44.2 Å². The van der Waals surface area contributed by atoms with E-state index in [2.05, 4.69) is 64.4 Å². The number of rotatable bonds is 3. The van der Waals surface area contributed by atoms with Crippen LogP contribution < -0.4 is 9.47 Å². The molecule has 0 amide bonds. The van der Waals surface area contributed by atoms with Gasteiger partial charge in [0.1, 0.15) is 11.5 Å². The number of methoxy groups -OCH3 is 1. The van der Waals surface area contributed by atoms with Crippen LogP contribution in [0.5, 0.6) is 17.5 Å². The zero-order valence-corrected chi connectivity index (χ0v) is 14.5. The third kappa shape index (κ3) is 3.33. The van der Waals surface area contributed by atoms with Crippen LogP contribution in [-0.2, 0) is 0 Å². The number of ether oxygens (including phenoxy) is 2. The van der Waals surface area contributed by atoms with Crippen molar-refractivity contribution in [3.05, 3.63) is 37.0 Å². The lowest BCUT2D eigenvalue weighted by Crippen LogP contribution is -1.93. The first-order valence-electron chi connectivity index (χ1n) is 4.78. The van der Waals surface area contributed by atoms with Gasteiger partial charge in [0, 0.05) is 22.0 Å². The zero-order chi connectivity index (χ0) is 13.1. The van der Waals surface area contributed by atoms with Gasteiger partial charge in [0.2, 0.25) is 0 Å². The van der Waals surface area contributed by atoms with Gasteiger partial charge >= 0.3 is 6.01 Å². The number of hydrogen-bond donors (Lipinski definition) is 0. The molecular weight excluding hydrogens is 479 g/mol. The fraction of sp³-hybridized carbons (Fsp3) is 0.0909. The van der Waals surface area contributed by atoms with Crippen LogP contribution in [0.1, 0.15) is 0 Å². The summed E-state index contributed by atoms with van der Waals surface area (Å²) in [5, 5.41) is 0. The van der Waals surface area contributed by atoms with Gasteiger partial charge in [-0.15, -0.1) is 0 Å². The molecule has 0 saturated carbocycles. The van der Waals surface area contributed by atoms with Crippen molar-refractivity contribution in [3.63, 3.8) is 0 Å². The van der Waals surface area contributed by atoms with Crippen molar-refractivity contribution in [1.82, 2.24) is 9.97 Å². The Kier molecular flexibility index (Phi) is 4.79. The van der Waals surface area contributed by atoms with E-state index in [4.69, 9.17) is 9.47 Å². The second-order valence-corrected chi connectivity index (χ2v) is 6.16. The minimum absolute atomic E-state index is 0.299. The summed E-state index contributed by atoms with van der Waals surface area (Å²) in [6.45, 7) is 0. The van der Waals surface area contributed by atoms with E-state index >= 15 is 0 Å². The number of hydrogen-bond acceptors (Lipinski definition) is 4. The maximum Gasteiger partial charge on any atom is 0.321 e. The first-order chi connectivity index (χ1) is 8.60. The molecular formula is C11H7Br2IN2O2. The van der Waals surface area contributed by atoms with Gasteiger partial charge in [0.05, 0.1) is 16.1 Å². The molecule has 94 valence electrons. The molecule has 0 fully saturated rings. The van der Waals surface area contributed by atoms with Gasteiger partial charge in [-0.2, -0.15) is 0 Å². The summed E-state index contributed by atoms with van der Waals surface area (Å²) >= 11 is 8.94. The van der Waals surface area contributed by atoms with Crippen molar-refractivity contribution in [3.8, 4) is 17.5 Å². The van der Waals surface area contributed by atoms with Crippen LogP contribution in [0.3, 0.4) is 0 Å². The third-order valence-corrected chi connectivity index (χ3v) is 3.80. The molecule has 1 aromatic carbocycles. The van der Waals surface area contributed by atoms with Crippen LogP contribution in [0.25, 0.3) is 0 Å². The average Bonchev–Trinajstić information content (AvgIpc) is 2.36. The monoisotopic (exact) mass is 484 g/mol. The summed E-state index contributed by atoms with van der Waals surface area (Å²) in [4.78, 5) is 8.16. The predicted molar refractivity (Wildman–Crippen MR) is 83.2 cm³/mol. The van der Waals surface area contributed by atoms with Crippen molar-refractivity contribution >= 4 is 54.5 Å². The fourth-order valence-corrected chi connectivity index (χ4v) is 2.36. The van der Waals surface area contributed by atoms with Crippen LogP contribution in [0, 0.1) is 3.57 Å². The Morgan fingerprint density at radius 3 is 2.22 bits per heavy atom. The number of nitrogens with zero attached hydrogens (tertiary/aromatic N) is 2. The average molecular weight is 486 g/mol. The molecule has 0 aliphatic rings. The van der Waals surface area contributed by atoms with Crippen molar-refractivity contribution in [2.45, 2.75) is 0 Å². The van der Waals surface area contributed by atoms with Crippen LogP contribution in [0.4, 0.5) is 0 Å². The highest BCUT2D eigenvalue weighted by Crippen LogP contribution is 2.37. The van der Waals surface area contributed by atoms with Gasteiger partial charge in [0.15, 0.2) is 0 Å². The number of halogens is 3. The second-order valence-electron chi connectivity index (χ2n) is 3.20. The largest absolute Gasteiger partial charge is 0.496 e. The molecule has 0 spiro atoms. The smallest absolute Gasteiger partial charge is 0.321 e. The van der Waals surface area contributed by atoms with E-state index in [1.807, 2.05) is 6.07 Å². The Labute approximate surface area is 135 Å². The Balaban J connectivity index is 2.29. The molecule has 0 atom stereocenters. The van der Waals surface area contributed by atoms with Crippen LogP contribution >= 0.6 is 54.5 Å². The molecule has 4 nitrogen and oxygen atoms in total. The molecule has 18 heavy (non-hydrogen) atoms. The summed E-state index contributed by atoms with van der Waals surface area (Å²) in [7, 11) is 1.61. The normalized spacial score (nSPS) is 10.2. The van der Waals surface area contributed by atoms with Gasteiger partial charge in [-0.25, -0.2) is 9.97 Å². The summed E-state index contributed by atoms with van der Waals surface area (Å²) in [5.41, 5.74) is 0. The molecule has 0 N–H and O–H groups in total. The summed E-state index contributed by atoms with van der Waals surface area (Å²) in [5.74, 6) is 1.33. The molecule has 0 aliphatic carbocycles. The van der Waals surface area contributed by atoms with Gasteiger partial charge in [-0.3, -0.25) is 0 Å². The van der Waals surface area contributed by atoms with Gasteiger partial charge in [-0.1, -0.05) is 0 Å². The SMILES string of the molecule is COc1cc(Br)c(Oc2ncc(I)cn2)cc1Br. The molecule has 0 aliphatic heterocycles. The quantitative estimate of drug-likeness (QED) is 0.604. The minimum atomic E-state index is 0.299. The van der Waals surface area contributed by atoms with E-state index in [9.17, 15) is 0 Å². The maximum atomic E-state index is 5.59. The van der Waals surface area contributed by atoms with Crippen LogP contribution in [0.2, 0.25) is 0 Å². The lowest BCUT2D eigenvalue weighted by atomic mass is 10.3. The van der Waals surface area contributed by atoms with Crippen molar-refractivity contribution in [2.75, 3.05) is 7.11 Å². The zero-order valence-electron chi connectivity index (χ0n) is 9.15. The summed E-state index contributed by atoms with van der Waals surface area (Å²) < 4.78 is 13.3. The highest BCUT2D eigenvalue weighted by molar-refractivity contribution is 14.1. The van der Waals surface area contributed by atoms with Gasteiger partial charge in [-0.05, 0) is 60.5 Å². The minimum Gasteiger partial charge on any atom is -0.496 e. The van der Waals surface area contributed by atoms with Crippen molar-refractivity contribution < 1.29 is 9.47 Å². The van der Waals surface area contributed by atoms with E-state index in [0.29, 0.717) is 11.8 Å². The lowest BCUT2D eigenvalue weighted by Gasteiger charge is -2.09. The first-order valence-corrected chi connectivity index (χ1v) is 7.45. The molecule has 1 heterocycles. The maximum absolute atomic E-state index is 5.59. The Hall–Kier alpha value is -0.410. The fourth-order valence-electron chi connectivity index (χ4n) is 1.20. The predicted octanol–water partition coefficient (Wildman–Crippen LogP) is 4.41. The van der Waals surface area contributed by atoms with E-state index in [1.165, 1.54) is 0 Å². The van der Waals surface area contributed by atoms with E-state index in [-0.39, 0.29) is 0 Å². The highest BCUT2D eigenvalue weighted by Gasteiger charge is 2.10.